The standard InChI is InChI=1S/C26H21FN6O/c27-22-12-17(13-28)4-7-24(22)32-10-8-31(9-11-32)19-14-29-33(16-19)15-18-5-6-21-25-20(18)2-1-3-23(25)30-26(21)34/h1-7,12,14,16H,8-11,15H2,(H,30,34). The molecule has 0 saturated carbocycles. The SMILES string of the molecule is N#Cc1ccc(N2CCN(c3cnn(Cc4ccc5c6c(cccc46)NC5=O)c3)CC2)c(F)c1. The molecule has 3 heterocycles. The molecule has 8 heteroatoms. The van der Waals surface area contributed by atoms with E-state index in [2.05, 4.69) is 15.3 Å². The van der Waals surface area contributed by atoms with Crippen LogP contribution in [0.5, 0.6) is 0 Å². The third kappa shape index (κ3) is 3.33. The van der Waals surface area contributed by atoms with E-state index in [-0.39, 0.29) is 11.7 Å². The number of nitrogens with one attached hydrogen (secondary N) is 1. The second-order valence-corrected chi connectivity index (χ2v) is 8.60. The van der Waals surface area contributed by atoms with E-state index in [4.69, 9.17) is 5.26 Å². The Hall–Kier alpha value is -4.38. The van der Waals surface area contributed by atoms with Crippen LogP contribution >= 0.6 is 0 Å². The van der Waals surface area contributed by atoms with Gasteiger partial charge in [0.15, 0.2) is 0 Å². The average Bonchev–Trinajstić information content (AvgIpc) is 3.46. The van der Waals surface area contributed by atoms with Crippen LogP contribution in [0.2, 0.25) is 0 Å². The van der Waals surface area contributed by atoms with Gasteiger partial charge in [0.25, 0.3) is 5.91 Å². The Morgan fingerprint density at radius 2 is 1.88 bits per heavy atom. The highest BCUT2D eigenvalue weighted by Crippen LogP contribution is 2.35. The minimum Gasteiger partial charge on any atom is -0.366 e. The summed E-state index contributed by atoms with van der Waals surface area (Å²) in [4.78, 5) is 16.4. The summed E-state index contributed by atoms with van der Waals surface area (Å²) in [5.41, 5.74) is 4.57. The smallest absolute Gasteiger partial charge is 0.256 e. The molecule has 3 aromatic carbocycles. The number of benzene rings is 3. The van der Waals surface area contributed by atoms with Crippen molar-refractivity contribution in [2.45, 2.75) is 6.54 Å². The van der Waals surface area contributed by atoms with Gasteiger partial charge in [0.05, 0.1) is 35.7 Å². The number of aromatic nitrogens is 2. The fourth-order valence-electron chi connectivity index (χ4n) is 4.90. The number of nitriles is 1. The van der Waals surface area contributed by atoms with Gasteiger partial charge in [-0.15, -0.1) is 0 Å². The lowest BCUT2D eigenvalue weighted by molar-refractivity contribution is 0.103. The monoisotopic (exact) mass is 452 g/mol. The first-order valence-corrected chi connectivity index (χ1v) is 11.2. The van der Waals surface area contributed by atoms with Crippen LogP contribution in [0.4, 0.5) is 21.5 Å². The van der Waals surface area contributed by atoms with Gasteiger partial charge in [0.2, 0.25) is 0 Å². The molecule has 2 aliphatic heterocycles. The lowest BCUT2D eigenvalue weighted by atomic mass is 10.00. The summed E-state index contributed by atoms with van der Waals surface area (Å²) in [5, 5.41) is 18.5. The predicted octanol–water partition coefficient (Wildman–Crippen LogP) is 3.99. The van der Waals surface area contributed by atoms with E-state index in [0.29, 0.717) is 36.4 Å². The predicted molar refractivity (Wildman–Crippen MR) is 129 cm³/mol. The van der Waals surface area contributed by atoms with Crippen molar-refractivity contribution in [1.82, 2.24) is 9.78 Å². The number of hydrogen-bond donors (Lipinski definition) is 1. The van der Waals surface area contributed by atoms with Crippen molar-refractivity contribution in [2.75, 3.05) is 41.3 Å². The lowest BCUT2D eigenvalue weighted by Crippen LogP contribution is -2.46. The van der Waals surface area contributed by atoms with Gasteiger partial charge in [-0.2, -0.15) is 10.4 Å². The summed E-state index contributed by atoms with van der Waals surface area (Å²) in [7, 11) is 0. The van der Waals surface area contributed by atoms with Gasteiger partial charge in [-0.25, -0.2) is 4.39 Å². The molecule has 34 heavy (non-hydrogen) atoms. The fourth-order valence-corrected chi connectivity index (χ4v) is 4.90. The Kier molecular flexibility index (Phi) is 4.69. The van der Waals surface area contributed by atoms with Crippen LogP contribution < -0.4 is 15.1 Å². The van der Waals surface area contributed by atoms with Crippen LogP contribution in [-0.2, 0) is 6.54 Å². The van der Waals surface area contributed by atoms with Gasteiger partial charge in [-0.3, -0.25) is 9.48 Å². The van der Waals surface area contributed by atoms with Gasteiger partial charge in [0, 0.05) is 49.0 Å². The van der Waals surface area contributed by atoms with Crippen LogP contribution in [0.3, 0.4) is 0 Å². The second kappa shape index (κ2) is 7.89. The summed E-state index contributed by atoms with van der Waals surface area (Å²) in [5.74, 6) is -0.415. The largest absolute Gasteiger partial charge is 0.366 e. The van der Waals surface area contributed by atoms with Crippen LogP contribution in [-0.4, -0.2) is 41.9 Å². The molecule has 7 nitrogen and oxygen atoms in total. The van der Waals surface area contributed by atoms with Crippen molar-refractivity contribution in [3.8, 4) is 6.07 Å². The van der Waals surface area contributed by atoms with Crippen molar-refractivity contribution in [3.05, 3.63) is 83.4 Å². The number of amides is 1. The van der Waals surface area contributed by atoms with Gasteiger partial charge >= 0.3 is 0 Å². The number of anilines is 3. The van der Waals surface area contributed by atoms with Crippen molar-refractivity contribution in [3.63, 3.8) is 0 Å². The maximum absolute atomic E-state index is 14.4. The zero-order valence-corrected chi connectivity index (χ0v) is 18.3. The van der Waals surface area contributed by atoms with Crippen LogP contribution in [0.25, 0.3) is 10.8 Å². The molecule has 1 amide bonds. The summed E-state index contributed by atoms with van der Waals surface area (Å²) >= 11 is 0. The average molecular weight is 452 g/mol. The normalized spacial score (nSPS) is 15.0. The number of piperazine rings is 1. The van der Waals surface area contributed by atoms with Crippen molar-refractivity contribution in [2.24, 2.45) is 0 Å². The van der Waals surface area contributed by atoms with E-state index in [1.165, 1.54) is 6.07 Å². The highest BCUT2D eigenvalue weighted by Gasteiger charge is 2.23. The first kappa shape index (κ1) is 20.2. The molecule has 1 fully saturated rings. The molecule has 1 N–H and O–H groups in total. The summed E-state index contributed by atoms with van der Waals surface area (Å²) in [6.45, 7) is 3.47. The lowest BCUT2D eigenvalue weighted by Gasteiger charge is -2.36. The molecule has 2 aliphatic rings. The zero-order chi connectivity index (χ0) is 23.2. The molecule has 0 unspecified atom stereocenters. The summed E-state index contributed by atoms with van der Waals surface area (Å²) < 4.78 is 16.3. The Balaban J connectivity index is 1.17. The van der Waals surface area contributed by atoms with Crippen LogP contribution in [0.15, 0.2) is 60.9 Å². The highest BCUT2D eigenvalue weighted by atomic mass is 19.1. The van der Waals surface area contributed by atoms with E-state index in [0.717, 1.165) is 40.8 Å². The Bertz CT molecular complexity index is 1480. The molecular weight excluding hydrogens is 431 g/mol. The molecule has 4 aromatic rings. The van der Waals surface area contributed by atoms with E-state index in [1.54, 1.807) is 12.1 Å². The van der Waals surface area contributed by atoms with Crippen LogP contribution in [0, 0.1) is 17.1 Å². The maximum atomic E-state index is 14.4. The molecule has 1 saturated heterocycles. The molecule has 0 aliphatic carbocycles. The third-order valence-corrected chi connectivity index (χ3v) is 6.64. The van der Waals surface area contributed by atoms with Crippen molar-refractivity contribution in [1.29, 1.82) is 5.26 Å². The number of hydrogen-bond acceptors (Lipinski definition) is 5. The number of nitrogens with zero attached hydrogens (tertiary/aromatic N) is 5. The molecular formula is C26H21FN6O. The topological polar surface area (TPSA) is 77.2 Å². The second-order valence-electron chi connectivity index (χ2n) is 8.60. The zero-order valence-electron chi connectivity index (χ0n) is 18.3. The van der Waals surface area contributed by atoms with Crippen molar-refractivity contribution < 1.29 is 9.18 Å². The Morgan fingerprint density at radius 3 is 2.68 bits per heavy atom. The van der Waals surface area contributed by atoms with Crippen LogP contribution in [0.1, 0.15) is 21.5 Å². The van der Waals surface area contributed by atoms with Gasteiger partial charge in [-0.1, -0.05) is 18.2 Å². The van der Waals surface area contributed by atoms with E-state index in [1.807, 2.05) is 58.4 Å². The minimum absolute atomic E-state index is 0.0563. The number of carbonyl (C=O) groups excluding carboxylic acids is 1. The molecule has 0 spiro atoms. The summed E-state index contributed by atoms with van der Waals surface area (Å²) in [6.07, 6.45) is 3.90. The first-order valence-electron chi connectivity index (χ1n) is 11.2. The molecule has 0 radical (unpaired) electrons. The van der Waals surface area contributed by atoms with Gasteiger partial charge in [-0.05, 0) is 41.3 Å². The van der Waals surface area contributed by atoms with E-state index in [9.17, 15) is 9.18 Å². The quantitative estimate of drug-likeness (QED) is 0.507. The van der Waals surface area contributed by atoms with Crippen molar-refractivity contribution >= 4 is 33.7 Å². The molecule has 0 bridgehead atoms. The minimum atomic E-state index is -0.359. The molecule has 0 atom stereocenters. The Labute approximate surface area is 195 Å². The number of halogens is 1. The molecule has 1 aromatic heterocycles. The first-order chi connectivity index (χ1) is 16.6. The molecule has 168 valence electrons. The number of carbonyl (C=O) groups is 1. The Morgan fingerprint density at radius 1 is 1.06 bits per heavy atom. The maximum Gasteiger partial charge on any atom is 0.256 e. The fraction of sp³-hybridized carbons (Fsp3) is 0.192. The van der Waals surface area contributed by atoms with Gasteiger partial charge < -0.3 is 15.1 Å². The third-order valence-electron chi connectivity index (χ3n) is 6.64. The van der Waals surface area contributed by atoms with E-state index >= 15 is 0 Å². The highest BCUT2D eigenvalue weighted by molar-refractivity contribution is 6.24. The summed E-state index contributed by atoms with van der Waals surface area (Å²) in [6, 6.07) is 16.4. The van der Waals surface area contributed by atoms with E-state index < -0.39 is 0 Å². The number of rotatable bonds is 4. The molecule has 6 rings (SSSR count). The van der Waals surface area contributed by atoms with Gasteiger partial charge in [0.1, 0.15) is 5.82 Å².